The highest BCUT2D eigenvalue weighted by Crippen LogP contribution is 2.06. The van der Waals surface area contributed by atoms with E-state index in [0.29, 0.717) is 64.7 Å². The third kappa shape index (κ3) is 13.9. The number of likely N-dealkylation sites (tertiary alicyclic amines) is 2. The predicted molar refractivity (Wildman–Crippen MR) is 132 cm³/mol. The summed E-state index contributed by atoms with van der Waals surface area (Å²) < 4.78 is 11.1. The second-order valence-corrected chi connectivity index (χ2v) is 9.00. The van der Waals surface area contributed by atoms with Crippen molar-refractivity contribution in [3.05, 3.63) is 0 Å². The molecule has 34 heavy (non-hydrogen) atoms. The monoisotopic (exact) mass is 486 g/mol. The van der Waals surface area contributed by atoms with E-state index in [2.05, 4.69) is 31.1 Å². The van der Waals surface area contributed by atoms with Crippen LogP contribution in [0.1, 0.15) is 25.7 Å². The van der Waals surface area contributed by atoms with Crippen LogP contribution >= 0.6 is 0 Å². The first-order chi connectivity index (χ1) is 16.5. The molecule has 2 heterocycles. The number of urea groups is 2. The standard InChI is InChI=1S/C22H46N8O4/c23-19-3-9-29(17-19)11-15-33-13-7-27-21(31)25-5-1-2-6-26-22(32)28-8-14-34-16-12-30-10-4-20(24)18-30/h19-20H,1-18,23-24H2,(H2,25,27,31)(H2,26,28,32)/t19-,20-/m0/s1. The third-order valence-electron chi connectivity index (χ3n) is 5.96. The maximum absolute atomic E-state index is 11.7. The van der Waals surface area contributed by atoms with Gasteiger partial charge in [0.2, 0.25) is 0 Å². The smallest absolute Gasteiger partial charge is 0.314 e. The number of carbonyl (C=O) groups is 2. The van der Waals surface area contributed by atoms with E-state index in [-0.39, 0.29) is 12.1 Å². The minimum Gasteiger partial charge on any atom is -0.378 e. The van der Waals surface area contributed by atoms with Gasteiger partial charge in [-0.15, -0.1) is 0 Å². The first-order valence-electron chi connectivity index (χ1n) is 12.7. The number of hydrogen-bond acceptors (Lipinski definition) is 8. The minimum absolute atomic E-state index is 0.201. The van der Waals surface area contributed by atoms with Gasteiger partial charge in [-0.1, -0.05) is 0 Å². The van der Waals surface area contributed by atoms with Crippen LogP contribution in [0.5, 0.6) is 0 Å². The van der Waals surface area contributed by atoms with Crippen LogP contribution in [0.4, 0.5) is 9.59 Å². The van der Waals surface area contributed by atoms with Crippen molar-refractivity contribution in [3.8, 4) is 0 Å². The van der Waals surface area contributed by atoms with E-state index in [4.69, 9.17) is 20.9 Å². The average Bonchev–Trinajstić information content (AvgIpc) is 3.42. The highest BCUT2D eigenvalue weighted by Gasteiger charge is 2.18. The van der Waals surface area contributed by atoms with Gasteiger partial charge in [-0.2, -0.15) is 0 Å². The molecule has 2 aliphatic heterocycles. The number of unbranched alkanes of at least 4 members (excludes halogenated alkanes) is 1. The molecule has 0 bridgehead atoms. The van der Waals surface area contributed by atoms with Crippen molar-refractivity contribution >= 4 is 12.1 Å². The topological polar surface area (TPSA) is 159 Å². The molecule has 2 fully saturated rings. The zero-order valence-electron chi connectivity index (χ0n) is 20.6. The maximum atomic E-state index is 11.7. The first kappa shape index (κ1) is 28.5. The molecule has 0 saturated carbocycles. The molecule has 0 aromatic carbocycles. The van der Waals surface area contributed by atoms with E-state index in [1.807, 2.05) is 0 Å². The Labute approximate surface area is 203 Å². The van der Waals surface area contributed by atoms with E-state index >= 15 is 0 Å². The predicted octanol–water partition coefficient (Wildman–Crippen LogP) is -1.54. The molecule has 0 spiro atoms. The Bertz CT molecular complexity index is 523. The van der Waals surface area contributed by atoms with E-state index < -0.39 is 0 Å². The van der Waals surface area contributed by atoms with Crippen molar-refractivity contribution in [2.75, 3.05) is 91.9 Å². The van der Waals surface area contributed by atoms with Crippen molar-refractivity contribution in [1.82, 2.24) is 31.1 Å². The molecule has 0 aromatic rings. The molecular formula is C22H46N8O4. The van der Waals surface area contributed by atoms with E-state index in [1.54, 1.807) is 0 Å². The zero-order chi connectivity index (χ0) is 24.4. The van der Waals surface area contributed by atoms with Gasteiger partial charge in [0.1, 0.15) is 0 Å². The maximum Gasteiger partial charge on any atom is 0.314 e. The summed E-state index contributed by atoms with van der Waals surface area (Å²) in [6.07, 6.45) is 3.67. The normalized spacial score (nSPS) is 21.0. The van der Waals surface area contributed by atoms with Crippen molar-refractivity contribution in [2.24, 2.45) is 11.5 Å². The molecule has 12 heteroatoms. The fourth-order valence-electron chi connectivity index (χ4n) is 3.98. The first-order valence-corrected chi connectivity index (χ1v) is 12.7. The van der Waals surface area contributed by atoms with Gasteiger partial charge in [0, 0.05) is 64.4 Å². The fourth-order valence-corrected chi connectivity index (χ4v) is 3.98. The number of nitrogens with one attached hydrogen (secondary N) is 4. The second kappa shape index (κ2) is 17.7. The highest BCUT2D eigenvalue weighted by atomic mass is 16.5. The van der Waals surface area contributed by atoms with E-state index in [0.717, 1.165) is 65.0 Å². The van der Waals surface area contributed by atoms with Crippen molar-refractivity contribution in [2.45, 2.75) is 37.8 Å². The number of nitrogens with two attached hydrogens (primary N) is 2. The van der Waals surface area contributed by atoms with Gasteiger partial charge in [0.25, 0.3) is 0 Å². The molecule has 2 rings (SSSR count). The SMILES string of the molecule is N[C@H]1CCN(CCOCCNC(=O)NCCCCNC(=O)NCCOCCN2CC[C@H](N)C2)C1. The number of rotatable bonds is 17. The van der Waals surface area contributed by atoms with Crippen molar-refractivity contribution in [1.29, 1.82) is 0 Å². The summed E-state index contributed by atoms with van der Waals surface area (Å²) in [5, 5.41) is 11.2. The lowest BCUT2D eigenvalue weighted by Crippen LogP contribution is -2.39. The zero-order valence-corrected chi connectivity index (χ0v) is 20.6. The molecule has 198 valence electrons. The van der Waals surface area contributed by atoms with Gasteiger partial charge in [-0.05, 0) is 38.8 Å². The number of ether oxygens (including phenoxy) is 2. The summed E-state index contributed by atoms with van der Waals surface area (Å²) in [6.45, 7) is 10.1. The molecule has 12 nitrogen and oxygen atoms in total. The molecule has 4 amide bonds. The van der Waals surface area contributed by atoms with Crippen LogP contribution in [0.25, 0.3) is 0 Å². The van der Waals surface area contributed by atoms with Gasteiger partial charge < -0.3 is 42.2 Å². The lowest BCUT2D eigenvalue weighted by molar-refractivity contribution is 0.113. The number of carbonyl (C=O) groups excluding carboxylic acids is 2. The van der Waals surface area contributed by atoms with Crippen molar-refractivity contribution in [3.63, 3.8) is 0 Å². The van der Waals surface area contributed by atoms with Gasteiger partial charge in [-0.3, -0.25) is 9.80 Å². The summed E-state index contributed by atoms with van der Waals surface area (Å²) in [4.78, 5) is 28.1. The lowest BCUT2D eigenvalue weighted by Gasteiger charge is -2.15. The van der Waals surface area contributed by atoms with Gasteiger partial charge in [0.15, 0.2) is 0 Å². The van der Waals surface area contributed by atoms with Gasteiger partial charge in [0.05, 0.1) is 26.4 Å². The summed E-state index contributed by atoms with van der Waals surface area (Å²) in [6, 6.07) is 0.178. The number of nitrogens with zero attached hydrogens (tertiary/aromatic N) is 2. The molecule has 0 unspecified atom stereocenters. The quantitative estimate of drug-likeness (QED) is 0.135. The molecule has 0 aromatic heterocycles. The minimum atomic E-state index is -0.201. The summed E-state index contributed by atoms with van der Waals surface area (Å²) >= 11 is 0. The van der Waals surface area contributed by atoms with Gasteiger partial charge in [-0.25, -0.2) is 9.59 Å². The van der Waals surface area contributed by atoms with Crippen LogP contribution in [0.15, 0.2) is 0 Å². The largest absolute Gasteiger partial charge is 0.378 e. The Morgan fingerprint density at radius 3 is 1.47 bits per heavy atom. The van der Waals surface area contributed by atoms with Crippen LogP contribution in [-0.4, -0.2) is 126 Å². The Morgan fingerprint density at radius 2 is 1.09 bits per heavy atom. The van der Waals surface area contributed by atoms with Gasteiger partial charge >= 0.3 is 12.1 Å². The average molecular weight is 487 g/mol. The van der Waals surface area contributed by atoms with E-state index in [9.17, 15) is 9.59 Å². The molecule has 2 atom stereocenters. The number of hydrogen-bond donors (Lipinski definition) is 6. The van der Waals surface area contributed by atoms with Crippen LogP contribution in [0, 0.1) is 0 Å². The van der Waals surface area contributed by atoms with Crippen LogP contribution in [0.2, 0.25) is 0 Å². The van der Waals surface area contributed by atoms with Crippen LogP contribution in [0.3, 0.4) is 0 Å². The Balaban J connectivity index is 1.27. The molecule has 2 saturated heterocycles. The Morgan fingerprint density at radius 1 is 0.676 bits per heavy atom. The molecule has 0 aliphatic carbocycles. The molecule has 8 N–H and O–H groups in total. The summed E-state index contributed by atoms with van der Waals surface area (Å²) in [5.41, 5.74) is 11.7. The van der Waals surface area contributed by atoms with Crippen LogP contribution in [-0.2, 0) is 9.47 Å². The fraction of sp³-hybridized carbons (Fsp3) is 0.909. The van der Waals surface area contributed by atoms with Crippen LogP contribution < -0.4 is 32.7 Å². The van der Waals surface area contributed by atoms with E-state index in [1.165, 1.54) is 0 Å². The number of amides is 4. The second-order valence-electron chi connectivity index (χ2n) is 9.00. The summed E-state index contributed by atoms with van der Waals surface area (Å²) in [5.74, 6) is 0. The molecular weight excluding hydrogens is 440 g/mol. The lowest BCUT2D eigenvalue weighted by atomic mass is 10.3. The molecule has 2 aliphatic rings. The highest BCUT2D eigenvalue weighted by molar-refractivity contribution is 5.74. The Kier molecular flexibility index (Phi) is 14.9. The molecule has 0 radical (unpaired) electrons. The Hall–Kier alpha value is -1.70. The summed E-state index contributed by atoms with van der Waals surface area (Å²) in [7, 11) is 0. The third-order valence-corrected chi connectivity index (χ3v) is 5.96. The van der Waals surface area contributed by atoms with Crippen molar-refractivity contribution < 1.29 is 19.1 Å².